The monoisotopic (exact) mass is 278 g/mol. The van der Waals surface area contributed by atoms with Gasteiger partial charge in [0.05, 0.1) is 5.41 Å². The van der Waals surface area contributed by atoms with Crippen molar-refractivity contribution in [2.75, 3.05) is 0 Å². The predicted octanol–water partition coefficient (Wildman–Crippen LogP) is 4.43. The highest BCUT2D eigenvalue weighted by Crippen LogP contribution is 2.64. The second-order valence-corrected chi connectivity index (χ2v) is 8.37. The second kappa shape index (κ2) is 4.48. The molecule has 114 valence electrons. The standard InChI is InChI=1S/C18H30O2/c1-6-17(4,11(2)3)16(19)20-18(5)14-8-12-7-13(10-14)15(18)9-12/h11-15H,6-10H2,1-5H3. The van der Waals surface area contributed by atoms with Gasteiger partial charge in [-0.15, -0.1) is 0 Å². The first-order valence-electron chi connectivity index (χ1n) is 8.54. The average Bonchev–Trinajstić information content (AvgIpc) is 2.79. The summed E-state index contributed by atoms with van der Waals surface area (Å²) >= 11 is 0. The van der Waals surface area contributed by atoms with Gasteiger partial charge in [0.1, 0.15) is 5.60 Å². The number of ether oxygens (including phenoxy) is 1. The van der Waals surface area contributed by atoms with Crippen molar-refractivity contribution in [3.8, 4) is 0 Å². The molecule has 4 rings (SSSR count). The molecule has 4 aliphatic carbocycles. The Morgan fingerprint density at radius 1 is 1.30 bits per heavy atom. The SMILES string of the molecule is CCC(C)(C(=O)OC1(C)C2CC3CC(C2)C1C3)C(C)C. The molecule has 0 heterocycles. The summed E-state index contributed by atoms with van der Waals surface area (Å²) in [5.41, 5.74) is -0.497. The van der Waals surface area contributed by atoms with Crippen LogP contribution in [-0.4, -0.2) is 11.6 Å². The van der Waals surface area contributed by atoms with Gasteiger partial charge in [0.25, 0.3) is 0 Å². The summed E-state index contributed by atoms with van der Waals surface area (Å²) < 4.78 is 6.24. The van der Waals surface area contributed by atoms with E-state index >= 15 is 0 Å². The third-order valence-electron chi connectivity index (χ3n) is 7.33. The van der Waals surface area contributed by atoms with Crippen LogP contribution in [0.1, 0.15) is 66.7 Å². The smallest absolute Gasteiger partial charge is 0.312 e. The highest BCUT2D eigenvalue weighted by molar-refractivity contribution is 5.77. The van der Waals surface area contributed by atoms with E-state index in [1.54, 1.807) is 0 Å². The molecule has 0 aromatic carbocycles. The Hall–Kier alpha value is -0.530. The van der Waals surface area contributed by atoms with Gasteiger partial charge in [0.15, 0.2) is 0 Å². The van der Waals surface area contributed by atoms with Gasteiger partial charge in [-0.2, -0.15) is 0 Å². The van der Waals surface area contributed by atoms with Crippen molar-refractivity contribution < 1.29 is 9.53 Å². The molecule has 6 atom stereocenters. The molecular weight excluding hydrogens is 248 g/mol. The van der Waals surface area contributed by atoms with Gasteiger partial charge in [0, 0.05) is 5.92 Å². The first-order chi connectivity index (χ1) is 9.31. The normalized spacial score (nSPS) is 44.9. The first kappa shape index (κ1) is 14.4. The zero-order valence-corrected chi connectivity index (χ0v) is 13.7. The van der Waals surface area contributed by atoms with Crippen LogP contribution in [0.3, 0.4) is 0 Å². The van der Waals surface area contributed by atoms with Crippen molar-refractivity contribution in [3.05, 3.63) is 0 Å². The minimum Gasteiger partial charge on any atom is -0.458 e. The molecule has 4 aliphatic rings. The molecule has 6 unspecified atom stereocenters. The van der Waals surface area contributed by atoms with Crippen molar-refractivity contribution in [2.24, 2.45) is 35.0 Å². The minimum absolute atomic E-state index is 0.0495. The molecule has 0 aromatic heterocycles. The van der Waals surface area contributed by atoms with Crippen molar-refractivity contribution in [1.29, 1.82) is 0 Å². The van der Waals surface area contributed by atoms with E-state index in [-0.39, 0.29) is 17.0 Å². The van der Waals surface area contributed by atoms with Crippen molar-refractivity contribution >= 4 is 5.97 Å². The molecule has 0 spiro atoms. The van der Waals surface area contributed by atoms with Gasteiger partial charge < -0.3 is 4.74 Å². The Morgan fingerprint density at radius 3 is 2.55 bits per heavy atom. The summed E-state index contributed by atoms with van der Waals surface area (Å²) in [7, 11) is 0. The summed E-state index contributed by atoms with van der Waals surface area (Å²) in [5.74, 6) is 3.42. The fourth-order valence-corrected chi connectivity index (χ4v) is 5.29. The highest BCUT2D eigenvalue weighted by Gasteiger charge is 2.62. The Balaban J connectivity index is 1.79. The maximum Gasteiger partial charge on any atom is 0.312 e. The van der Waals surface area contributed by atoms with E-state index < -0.39 is 0 Å². The van der Waals surface area contributed by atoms with E-state index in [0.29, 0.717) is 17.8 Å². The van der Waals surface area contributed by atoms with Crippen LogP contribution < -0.4 is 0 Å². The lowest BCUT2D eigenvalue weighted by atomic mass is 9.72. The van der Waals surface area contributed by atoms with Crippen LogP contribution in [0.2, 0.25) is 0 Å². The first-order valence-corrected chi connectivity index (χ1v) is 8.54. The lowest BCUT2D eigenvalue weighted by Gasteiger charge is -2.43. The molecule has 0 N–H and O–H groups in total. The van der Waals surface area contributed by atoms with Crippen LogP contribution >= 0.6 is 0 Å². The molecule has 2 heteroatoms. The Morgan fingerprint density at radius 2 is 2.00 bits per heavy atom. The molecule has 4 saturated carbocycles. The maximum atomic E-state index is 12.8. The van der Waals surface area contributed by atoms with E-state index in [2.05, 4.69) is 34.6 Å². The van der Waals surface area contributed by atoms with Crippen LogP contribution in [0.5, 0.6) is 0 Å². The summed E-state index contributed by atoms with van der Waals surface area (Å²) in [5, 5.41) is 0. The third kappa shape index (κ3) is 1.79. The molecule has 0 amide bonds. The Kier molecular flexibility index (Phi) is 3.23. The Labute approximate surface area is 123 Å². The predicted molar refractivity (Wildman–Crippen MR) is 80.2 cm³/mol. The average molecular weight is 278 g/mol. The third-order valence-corrected chi connectivity index (χ3v) is 7.33. The number of hydrogen-bond acceptors (Lipinski definition) is 2. The Bertz CT molecular complexity index is 412. The number of hydrogen-bond donors (Lipinski definition) is 0. The van der Waals surface area contributed by atoms with Gasteiger partial charge in [-0.25, -0.2) is 0 Å². The molecule has 20 heavy (non-hydrogen) atoms. The van der Waals surface area contributed by atoms with E-state index in [9.17, 15) is 4.79 Å². The number of esters is 1. The summed E-state index contributed by atoms with van der Waals surface area (Å²) in [4.78, 5) is 12.8. The fourth-order valence-electron chi connectivity index (χ4n) is 5.29. The molecule has 0 aromatic rings. The van der Waals surface area contributed by atoms with Gasteiger partial charge in [-0.1, -0.05) is 20.8 Å². The molecule has 4 fully saturated rings. The lowest BCUT2D eigenvalue weighted by Crippen LogP contribution is -2.48. The van der Waals surface area contributed by atoms with Crippen LogP contribution in [0.15, 0.2) is 0 Å². The van der Waals surface area contributed by atoms with Gasteiger partial charge in [-0.05, 0) is 69.6 Å². The molecule has 0 saturated heterocycles. The van der Waals surface area contributed by atoms with Crippen molar-refractivity contribution in [3.63, 3.8) is 0 Å². The molecular formula is C18H30O2. The van der Waals surface area contributed by atoms with Gasteiger partial charge >= 0.3 is 5.97 Å². The minimum atomic E-state index is -0.331. The van der Waals surface area contributed by atoms with Crippen LogP contribution in [-0.2, 0) is 9.53 Å². The second-order valence-electron chi connectivity index (χ2n) is 8.37. The largest absolute Gasteiger partial charge is 0.458 e. The lowest BCUT2D eigenvalue weighted by molar-refractivity contribution is -0.185. The van der Waals surface area contributed by atoms with Crippen LogP contribution in [0.4, 0.5) is 0 Å². The van der Waals surface area contributed by atoms with E-state index in [1.807, 2.05) is 0 Å². The summed E-state index contributed by atoms with van der Waals surface area (Å²) in [6, 6.07) is 0. The number of carbonyl (C=O) groups excluding carboxylic acids is 1. The number of carbonyl (C=O) groups is 1. The molecule has 4 bridgehead atoms. The van der Waals surface area contributed by atoms with Gasteiger partial charge in [0.2, 0.25) is 0 Å². The van der Waals surface area contributed by atoms with Gasteiger partial charge in [-0.3, -0.25) is 4.79 Å². The number of rotatable bonds is 4. The zero-order valence-electron chi connectivity index (χ0n) is 13.7. The quantitative estimate of drug-likeness (QED) is 0.711. The summed E-state index contributed by atoms with van der Waals surface area (Å²) in [6.07, 6.45) is 6.15. The van der Waals surface area contributed by atoms with Crippen molar-refractivity contribution in [1.82, 2.24) is 0 Å². The topological polar surface area (TPSA) is 26.3 Å². The maximum absolute atomic E-state index is 12.8. The molecule has 2 nitrogen and oxygen atoms in total. The van der Waals surface area contributed by atoms with E-state index in [4.69, 9.17) is 4.74 Å². The zero-order chi connectivity index (χ0) is 14.7. The highest BCUT2D eigenvalue weighted by atomic mass is 16.6. The van der Waals surface area contributed by atoms with E-state index in [1.165, 1.54) is 25.7 Å². The fraction of sp³-hybridized carbons (Fsp3) is 0.944. The molecule has 0 aliphatic heterocycles. The van der Waals surface area contributed by atoms with E-state index in [0.717, 1.165) is 18.3 Å². The summed E-state index contributed by atoms with van der Waals surface area (Å²) in [6.45, 7) is 10.7. The van der Waals surface area contributed by atoms with Crippen molar-refractivity contribution in [2.45, 2.75) is 72.3 Å². The van der Waals surface area contributed by atoms with Crippen LogP contribution in [0, 0.1) is 35.0 Å². The molecule has 0 radical (unpaired) electrons. The van der Waals surface area contributed by atoms with Crippen LogP contribution in [0.25, 0.3) is 0 Å².